The molecule has 9 heteroatoms. The third-order valence-corrected chi connectivity index (χ3v) is 2.78. The molecule has 0 atom stereocenters. The van der Waals surface area contributed by atoms with E-state index in [1.165, 1.54) is 13.2 Å². The van der Waals surface area contributed by atoms with Gasteiger partial charge in [0, 0.05) is 6.20 Å². The number of nitrogens with zero attached hydrogens (tertiary/aromatic N) is 1. The summed E-state index contributed by atoms with van der Waals surface area (Å²) < 4.78 is 84.1. The molecule has 2 rings (SSSR count). The Labute approximate surface area is 126 Å². The zero-order chi connectivity index (χ0) is 17.3. The van der Waals surface area contributed by atoms with Crippen molar-refractivity contribution in [3.63, 3.8) is 0 Å². The summed E-state index contributed by atoms with van der Waals surface area (Å²) in [6.07, 6.45) is -8.69. The molecule has 3 nitrogen and oxygen atoms in total. The first kappa shape index (κ1) is 16.9. The highest BCUT2D eigenvalue weighted by atomic mass is 19.4. The smallest absolute Gasteiger partial charge is 0.496 e. The van der Waals surface area contributed by atoms with Gasteiger partial charge in [-0.25, -0.2) is 0 Å². The Morgan fingerprint density at radius 1 is 0.913 bits per heavy atom. The lowest BCUT2D eigenvalue weighted by Crippen LogP contribution is -2.17. The van der Waals surface area contributed by atoms with Crippen molar-refractivity contribution < 1.29 is 35.8 Å². The normalized spacial score (nSPS) is 12.1. The second kappa shape index (κ2) is 5.98. The number of hydrogen-bond acceptors (Lipinski definition) is 3. The van der Waals surface area contributed by atoms with E-state index in [-0.39, 0.29) is 16.9 Å². The van der Waals surface area contributed by atoms with Gasteiger partial charge in [0.25, 0.3) is 0 Å². The van der Waals surface area contributed by atoms with Gasteiger partial charge in [-0.3, -0.25) is 4.98 Å². The topological polar surface area (TPSA) is 31.4 Å². The van der Waals surface area contributed by atoms with Gasteiger partial charge in [0.2, 0.25) is 0 Å². The first-order chi connectivity index (χ1) is 10.6. The number of aromatic nitrogens is 1. The van der Waals surface area contributed by atoms with E-state index in [4.69, 9.17) is 4.74 Å². The van der Waals surface area contributed by atoms with E-state index in [2.05, 4.69) is 9.72 Å². The minimum atomic E-state index is -4.88. The largest absolute Gasteiger partial charge is 0.573 e. The van der Waals surface area contributed by atoms with Crippen LogP contribution in [0.3, 0.4) is 0 Å². The number of benzene rings is 1. The molecule has 0 aliphatic carbocycles. The molecule has 0 aliphatic rings. The Kier molecular flexibility index (Phi) is 4.39. The molecular formula is C14H9F6NO2. The van der Waals surface area contributed by atoms with Crippen LogP contribution in [0.5, 0.6) is 11.5 Å². The SMILES string of the molecule is COc1ccnc(C(F)(F)F)c1-c1ccc(OC(F)(F)F)cc1. The van der Waals surface area contributed by atoms with E-state index < -0.39 is 24.0 Å². The summed E-state index contributed by atoms with van der Waals surface area (Å²) >= 11 is 0. The number of rotatable bonds is 3. The number of halogens is 6. The molecule has 0 aliphatic heterocycles. The highest BCUT2D eigenvalue weighted by Gasteiger charge is 2.37. The van der Waals surface area contributed by atoms with Crippen LogP contribution in [-0.4, -0.2) is 18.5 Å². The van der Waals surface area contributed by atoms with Crippen LogP contribution in [-0.2, 0) is 6.18 Å². The highest BCUT2D eigenvalue weighted by Crippen LogP contribution is 2.41. The molecular weight excluding hydrogens is 328 g/mol. The summed E-state index contributed by atoms with van der Waals surface area (Å²) in [6, 6.07) is 5.18. The van der Waals surface area contributed by atoms with Gasteiger partial charge >= 0.3 is 12.5 Å². The highest BCUT2D eigenvalue weighted by molar-refractivity contribution is 5.73. The van der Waals surface area contributed by atoms with Crippen LogP contribution in [0.2, 0.25) is 0 Å². The van der Waals surface area contributed by atoms with E-state index in [9.17, 15) is 26.3 Å². The molecule has 0 fully saturated rings. The Morgan fingerprint density at radius 2 is 1.52 bits per heavy atom. The van der Waals surface area contributed by atoms with E-state index in [0.717, 1.165) is 30.5 Å². The van der Waals surface area contributed by atoms with Crippen molar-refractivity contribution in [3.05, 3.63) is 42.2 Å². The van der Waals surface area contributed by atoms with Gasteiger partial charge in [0.1, 0.15) is 11.5 Å². The van der Waals surface area contributed by atoms with Crippen molar-refractivity contribution in [2.45, 2.75) is 12.5 Å². The maximum Gasteiger partial charge on any atom is 0.573 e. The lowest BCUT2D eigenvalue weighted by molar-refractivity contribution is -0.274. The Balaban J connectivity index is 2.49. The molecule has 1 heterocycles. The Morgan fingerprint density at radius 3 is 2.00 bits per heavy atom. The average molecular weight is 337 g/mol. The molecule has 0 saturated heterocycles. The fraction of sp³-hybridized carbons (Fsp3) is 0.214. The van der Waals surface area contributed by atoms with Crippen LogP contribution in [0.4, 0.5) is 26.3 Å². The molecule has 1 aromatic heterocycles. The summed E-state index contributed by atoms with van der Waals surface area (Å²) in [6.45, 7) is 0. The van der Waals surface area contributed by atoms with Gasteiger partial charge in [-0.05, 0) is 23.8 Å². The Hall–Kier alpha value is -2.45. The van der Waals surface area contributed by atoms with E-state index in [0.29, 0.717) is 0 Å². The van der Waals surface area contributed by atoms with Crippen molar-refractivity contribution in [1.82, 2.24) is 4.98 Å². The van der Waals surface area contributed by atoms with Gasteiger partial charge in [0.05, 0.1) is 12.7 Å². The number of hydrogen-bond donors (Lipinski definition) is 0. The summed E-state index contributed by atoms with van der Waals surface area (Å²) in [5.74, 6) is -0.644. The molecule has 0 N–H and O–H groups in total. The van der Waals surface area contributed by atoms with Crippen LogP contribution in [0.1, 0.15) is 5.69 Å². The number of pyridine rings is 1. The van der Waals surface area contributed by atoms with Crippen molar-refractivity contribution >= 4 is 0 Å². The zero-order valence-electron chi connectivity index (χ0n) is 11.5. The minimum Gasteiger partial charge on any atom is -0.496 e. The molecule has 1 aromatic carbocycles. The van der Waals surface area contributed by atoms with Crippen LogP contribution in [0.15, 0.2) is 36.5 Å². The van der Waals surface area contributed by atoms with Gasteiger partial charge in [-0.15, -0.1) is 13.2 Å². The lowest BCUT2D eigenvalue weighted by Gasteiger charge is -2.15. The quantitative estimate of drug-likeness (QED) is 0.763. The van der Waals surface area contributed by atoms with Crippen LogP contribution in [0.25, 0.3) is 11.1 Å². The molecule has 0 saturated carbocycles. The van der Waals surface area contributed by atoms with Gasteiger partial charge in [-0.1, -0.05) is 12.1 Å². The monoisotopic (exact) mass is 337 g/mol. The first-order valence-corrected chi connectivity index (χ1v) is 6.08. The van der Waals surface area contributed by atoms with Gasteiger partial charge < -0.3 is 9.47 Å². The minimum absolute atomic E-state index is 0.00296. The molecule has 2 aromatic rings. The average Bonchev–Trinajstić information content (AvgIpc) is 2.44. The molecule has 0 unspecified atom stereocenters. The van der Waals surface area contributed by atoms with Crippen LogP contribution >= 0.6 is 0 Å². The maximum absolute atomic E-state index is 13.1. The lowest BCUT2D eigenvalue weighted by atomic mass is 10.0. The van der Waals surface area contributed by atoms with E-state index >= 15 is 0 Å². The van der Waals surface area contributed by atoms with Crippen molar-refractivity contribution in [2.75, 3.05) is 7.11 Å². The van der Waals surface area contributed by atoms with Gasteiger partial charge in [0.15, 0.2) is 5.69 Å². The van der Waals surface area contributed by atoms with Crippen molar-refractivity contribution in [1.29, 1.82) is 0 Å². The third-order valence-electron chi connectivity index (χ3n) is 2.78. The van der Waals surface area contributed by atoms with Crippen molar-refractivity contribution in [2.24, 2.45) is 0 Å². The number of methoxy groups -OCH3 is 1. The number of alkyl halides is 6. The van der Waals surface area contributed by atoms with Gasteiger partial charge in [-0.2, -0.15) is 13.2 Å². The summed E-state index contributed by atoms with van der Waals surface area (Å²) in [5.41, 5.74) is -1.56. The first-order valence-electron chi connectivity index (χ1n) is 6.08. The molecule has 0 bridgehead atoms. The van der Waals surface area contributed by atoms with Crippen molar-refractivity contribution in [3.8, 4) is 22.6 Å². The fourth-order valence-corrected chi connectivity index (χ4v) is 1.93. The predicted octanol–water partition coefficient (Wildman–Crippen LogP) is 4.67. The third kappa shape index (κ3) is 4.05. The second-order valence-corrected chi connectivity index (χ2v) is 4.31. The fourth-order valence-electron chi connectivity index (χ4n) is 1.93. The van der Waals surface area contributed by atoms with E-state index in [1.54, 1.807) is 0 Å². The predicted molar refractivity (Wildman–Crippen MR) is 67.9 cm³/mol. The van der Waals surface area contributed by atoms with E-state index in [1.807, 2.05) is 0 Å². The van der Waals surface area contributed by atoms with Crippen LogP contribution in [0, 0.1) is 0 Å². The molecule has 23 heavy (non-hydrogen) atoms. The Bertz CT molecular complexity index is 679. The summed E-state index contributed by atoms with van der Waals surface area (Å²) in [7, 11) is 1.18. The number of ether oxygens (including phenoxy) is 2. The zero-order valence-corrected chi connectivity index (χ0v) is 11.5. The second-order valence-electron chi connectivity index (χ2n) is 4.31. The molecule has 0 amide bonds. The molecule has 0 radical (unpaired) electrons. The molecule has 0 spiro atoms. The summed E-state index contributed by atoms with van der Waals surface area (Å²) in [5, 5.41) is 0. The standard InChI is InChI=1S/C14H9F6NO2/c1-22-10-6-7-21-12(13(15,16)17)11(10)8-2-4-9(5-3-8)23-14(18,19)20/h2-7H,1H3. The van der Waals surface area contributed by atoms with Crippen LogP contribution < -0.4 is 9.47 Å². The summed E-state index contributed by atoms with van der Waals surface area (Å²) in [4.78, 5) is 3.30. The maximum atomic E-state index is 13.1. The molecule has 124 valence electrons.